The summed E-state index contributed by atoms with van der Waals surface area (Å²) in [7, 11) is 1.56. The number of para-hydroxylation sites is 2. The van der Waals surface area contributed by atoms with Crippen molar-refractivity contribution in [2.45, 2.75) is 6.54 Å². The van der Waals surface area contributed by atoms with Crippen LogP contribution in [0.2, 0.25) is 0 Å². The lowest BCUT2D eigenvalue weighted by atomic mass is 10.3. The molecular formula is C15H15N5O2. The zero-order valence-corrected chi connectivity index (χ0v) is 12.0. The first-order chi connectivity index (χ1) is 10.7. The van der Waals surface area contributed by atoms with Crippen LogP contribution in [0.1, 0.15) is 5.56 Å². The summed E-state index contributed by atoms with van der Waals surface area (Å²) in [6.07, 6.45) is 1.65. The van der Waals surface area contributed by atoms with Crippen LogP contribution in [-0.4, -0.2) is 28.1 Å². The Morgan fingerprint density at radius 3 is 2.86 bits per heavy atom. The number of benzene rings is 1. The van der Waals surface area contributed by atoms with E-state index in [1.54, 1.807) is 19.4 Å². The third-order valence-corrected chi connectivity index (χ3v) is 3.08. The van der Waals surface area contributed by atoms with E-state index in [4.69, 9.17) is 4.74 Å². The van der Waals surface area contributed by atoms with E-state index in [1.807, 2.05) is 30.3 Å². The van der Waals surface area contributed by atoms with Gasteiger partial charge in [0, 0.05) is 18.8 Å². The number of ether oxygens (including phenoxy) is 1. The molecule has 2 amide bonds. The number of nitrogens with one attached hydrogen (secondary N) is 3. The van der Waals surface area contributed by atoms with Gasteiger partial charge in [0.2, 0.25) is 11.8 Å². The van der Waals surface area contributed by atoms with Crippen molar-refractivity contribution in [3.8, 4) is 5.88 Å². The van der Waals surface area contributed by atoms with Crippen molar-refractivity contribution in [1.29, 1.82) is 0 Å². The SMILES string of the molecule is COc1ccc(CNC(=O)Nc2nc3ccccc3[nH]2)cn1. The fraction of sp³-hybridized carbons (Fsp3) is 0.133. The second-order valence-corrected chi connectivity index (χ2v) is 4.62. The highest BCUT2D eigenvalue weighted by Crippen LogP contribution is 2.13. The van der Waals surface area contributed by atoms with Gasteiger partial charge in [-0.1, -0.05) is 18.2 Å². The number of imidazole rings is 1. The van der Waals surface area contributed by atoms with Crippen LogP contribution in [0.25, 0.3) is 11.0 Å². The van der Waals surface area contributed by atoms with E-state index in [9.17, 15) is 4.79 Å². The number of methoxy groups -OCH3 is 1. The highest BCUT2D eigenvalue weighted by molar-refractivity contribution is 5.89. The van der Waals surface area contributed by atoms with Crippen molar-refractivity contribution < 1.29 is 9.53 Å². The minimum absolute atomic E-state index is 0.338. The topological polar surface area (TPSA) is 91.9 Å². The maximum atomic E-state index is 11.9. The smallest absolute Gasteiger partial charge is 0.321 e. The van der Waals surface area contributed by atoms with E-state index in [2.05, 4.69) is 25.6 Å². The van der Waals surface area contributed by atoms with Gasteiger partial charge in [-0.3, -0.25) is 5.32 Å². The maximum absolute atomic E-state index is 11.9. The molecule has 7 nitrogen and oxygen atoms in total. The maximum Gasteiger partial charge on any atom is 0.321 e. The number of hydrogen-bond donors (Lipinski definition) is 3. The first-order valence-electron chi connectivity index (χ1n) is 6.73. The Kier molecular flexibility index (Phi) is 3.86. The number of amides is 2. The van der Waals surface area contributed by atoms with Crippen molar-refractivity contribution in [3.63, 3.8) is 0 Å². The average Bonchev–Trinajstić information content (AvgIpc) is 2.95. The minimum Gasteiger partial charge on any atom is -0.481 e. The number of aromatic amines is 1. The first-order valence-corrected chi connectivity index (χ1v) is 6.73. The second-order valence-electron chi connectivity index (χ2n) is 4.62. The van der Waals surface area contributed by atoms with E-state index in [1.165, 1.54) is 0 Å². The number of rotatable bonds is 4. The van der Waals surface area contributed by atoms with Crippen molar-refractivity contribution in [2.24, 2.45) is 0 Å². The zero-order valence-electron chi connectivity index (χ0n) is 12.0. The van der Waals surface area contributed by atoms with Crippen LogP contribution < -0.4 is 15.4 Å². The van der Waals surface area contributed by atoms with Crippen molar-refractivity contribution in [2.75, 3.05) is 12.4 Å². The molecule has 0 aliphatic rings. The molecule has 1 aromatic carbocycles. The van der Waals surface area contributed by atoms with E-state index >= 15 is 0 Å². The molecule has 0 fully saturated rings. The number of carbonyl (C=O) groups is 1. The number of anilines is 1. The molecule has 0 aliphatic heterocycles. The molecule has 7 heteroatoms. The molecule has 0 unspecified atom stereocenters. The molecule has 22 heavy (non-hydrogen) atoms. The summed E-state index contributed by atoms with van der Waals surface area (Å²) in [5, 5.41) is 5.40. The Bertz CT molecular complexity index is 749. The molecule has 0 saturated heterocycles. The lowest BCUT2D eigenvalue weighted by Crippen LogP contribution is -2.28. The Morgan fingerprint density at radius 1 is 1.27 bits per heavy atom. The predicted octanol–water partition coefficient (Wildman–Crippen LogP) is 2.29. The highest BCUT2D eigenvalue weighted by atomic mass is 16.5. The number of hydrogen-bond acceptors (Lipinski definition) is 4. The summed E-state index contributed by atoms with van der Waals surface area (Å²) in [4.78, 5) is 23.2. The van der Waals surface area contributed by atoms with Crippen LogP contribution in [0, 0.1) is 0 Å². The van der Waals surface area contributed by atoms with Gasteiger partial charge in [-0.25, -0.2) is 14.8 Å². The third kappa shape index (κ3) is 3.14. The Labute approximate surface area is 126 Å². The van der Waals surface area contributed by atoms with Crippen LogP contribution in [0.4, 0.5) is 10.7 Å². The fourth-order valence-electron chi connectivity index (χ4n) is 1.98. The van der Waals surface area contributed by atoms with Gasteiger partial charge in [0.1, 0.15) is 0 Å². The molecular weight excluding hydrogens is 282 g/mol. The minimum atomic E-state index is -0.338. The molecule has 112 valence electrons. The number of aromatic nitrogens is 3. The van der Waals surface area contributed by atoms with Crippen LogP contribution in [0.3, 0.4) is 0 Å². The van der Waals surface area contributed by atoms with Gasteiger partial charge in [-0.15, -0.1) is 0 Å². The normalized spacial score (nSPS) is 10.4. The Hall–Kier alpha value is -3.09. The number of carbonyl (C=O) groups excluding carboxylic acids is 1. The summed E-state index contributed by atoms with van der Waals surface area (Å²) >= 11 is 0. The molecule has 3 rings (SSSR count). The number of nitrogens with zero attached hydrogens (tertiary/aromatic N) is 2. The quantitative estimate of drug-likeness (QED) is 0.689. The van der Waals surface area contributed by atoms with Crippen molar-refractivity contribution in [1.82, 2.24) is 20.3 Å². The van der Waals surface area contributed by atoms with Gasteiger partial charge in [0.15, 0.2) is 0 Å². The molecule has 0 aliphatic carbocycles. The summed E-state index contributed by atoms with van der Waals surface area (Å²) < 4.78 is 4.98. The Morgan fingerprint density at radius 2 is 2.14 bits per heavy atom. The van der Waals surface area contributed by atoms with E-state index in [0.29, 0.717) is 18.4 Å². The third-order valence-electron chi connectivity index (χ3n) is 3.08. The molecule has 2 aromatic heterocycles. The highest BCUT2D eigenvalue weighted by Gasteiger charge is 2.06. The predicted molar refractivity (Wildman–Crippen MR) is 82.7 cm³/mol. The van der Waals surface area contributed by atoms with E-state index in [-0.39, 0.29) is 6.03 Å². The molecule has 0 bridgehead atoms. The second kappa shape index (κ2) is 6.13. The van der Waals surface area contributed by atoms with Gasteiger partial charge in [0.05, 0.1) is 18.1 Å². The lowest BCUT2D eigenvalue weighted by molar-refractivity contribution is 0.251. The number of pyridine rings is 1. The zero-order chi connectivity index (χ0) is 15.4. The Balaban J connectivity index is 1.57. The molecule has 3 aromatic rings. The van der Waals surface area contributed by atoms with Crippen LogP contribution in [-0.2, 0) is 6.54 Å². The van der Waals surface area contributed by atoms with Crippen molar-refractivity contribution in [3.05, 3.63) is 48.2 Å². The van der Waals surface area contributed by atoms with Crippen molar-refractivity contribution >= 4 is 23.0 Å². The van der Waals surface area contributed by atoms with Crippen LogP contribution >= 0.6 is 0 Å². The number of fused-ring (bicyclic) bond motifs is 1. The monoisotopic (exact) mass is 297 g/mol. The number of H-pyrrole nitrogens is 1. The number of urea groups is 1. The first kappa shape index (κ1) is 13.9. The average molecular weight is 297 g/mol. The molecule has 0 radical (unpaired) electrons. The summed E-state index contributed by atoms with van der Waals surface area (Å²) in [5.41, 5.74) is 2.55. The van der Waals surface area contributed by atoms with E-state index < -0.39 is 0 Å². The van der Waals surface area contributed by atoms with Gasteiger partial charge in [-0.05, 0) is 17.7 Å². The van der Waals surface area contributed by atoms with Gasteiger partial charge < -0.3 is 15.0 Å². The lowest BCUT2D eigenvalue weighted by Gasteiger charge is -2.06. The molecule has 0 atom stereocenters. The van der Waals surface area contributed by atoms with E-state index in [0.717, 1.165) is 16.6 Å². The summed E-state index contributed by atoms with van der Waals surface area (Å²) in [6, 6.07) is 10.8. The summed E-state index contributed by atoms with van der Waals surface area (Å²) in [5.74, 6) is 0.946. The van der Waals surface area contributed by atoms with Gasteiger partial charge in [-0.2, -0.15) is 0 Å². The largest absolute Gasteiger partial charge is 0.481 e. The molecule has 2 heterocycles. The summed E-state index contributed by atoms with van der Waals surface area (Å²) in [6.45, 7) is 0.364. The fourth-order valence-corrected chi connectivity index (χ4v) is 1.98. The molecule has 0 saturated carbocycles. The van der Waals surface area contributed by atoms with Crippen LogP contribution in [0.15, 0.2) is 42.6 Å². The standard InChI is InChI=1S/C15H15N5O2/c1-22-13-7-6-10(8-16-13)9-17-15(21)20-14-18-11-4-2-3-5-12(11)19-14/h2-8H,9H2,1H3,(H3,17,18,19,20,21). The van der Waals surface area contributed by atoms with Gasteiger partial charge in [0.25, 0.3) is 0 Å². The molecule has 3 N–H and O–H groups in total. The van der Waals surface area contributed by atoms with Gasteiger partial charge >= 0.3 is 6.03 Å². The molecule has 0 spiro atoms. The van der Waals surface area contributed by atoms with Crippen LogP contribution in [0.5, 0.6) is 5.88 Å².